The summed E-state index contributed by atoms with van der Waals surface area (Å²) in [7, 11) is 0. The van der Waals surface area contributed by atoms with Crippen molar-refractivity contribution in [1.29, 1.82) is 0 Å². The van der Waals surface area contributed by atoms with Gasteiger partial charge in [-0.05, 0) is 112 Å². The van der Waals surface area contributed by atoms with Crippen molar-refractivity contribution in [2.75, 3.05) is 13.1 Å². The lowest BCUT2D eigenvalue weighted by Crippen LogP contribution is -2.60. The summed E-state index contributed by atoms with van der Waals surface area (Å²) in [5.74, 6) is -8.65. The predicted molar refractivity (Wildman–Crippen MR) is 303 cm³/mol. The molecule has 1 aromatic carbocycles. The van der Waals surface area contributed by atoms with Crippen molar-refractivity contribution in [2.45, 2.75) is 207 Å². The van der Waals surface area contributed by atoms with Crippen molar-refractivity contribution >= 4 is 70.1 Å². The van der Waals surface area contributed by atoms with Gasteiger partial charge < -0.3 is 68.8 Å². The molecule has 1 fully saturated rings. The van der Waals surface area contributed by atoms with E-state index in [4.69, 9.17) is 11.5 Å². The number of aromatic nitrogens is 1. The highest BCUT2D eigenvalue weighted by Crippen LogP contribution is 2.24. The highest BCUT2D eigenvalue weighted by Gasteiger charge is 2.41. The third-order valence-electron chi connectivity index (χ3n) is 13.8. The number of benzene rings is 1. The number of H-pyrrole nitrogens is 1. The minimum absolute atomic E-state index is 0.0402. The summed E-state index contributed by atoms with van der Waals surface area (Å²) in [6.45, 7) is 18.9. The minimum Gasteiger partial charge on any atom is -0.481 e. The quantitative estimate of drug-likeness (QED) is 0.0442. The first-order valence-corrected chi connectivity index (χ1v) is 28.5. The molecule has 2 aromatic rings. The Morgan fingerprint density at radius 2 is 1.01 bits per heavy atom. The van der Waals surface area contributed by atoms with Gasteiger partial charge >= 0.3 is 11.9 Å². The Kier molecular flexibility index (Phi) is 28.1. The molecule has 23 nitrogen and oxygen atoms in total. The Labute approximate surface area is 471 Å². The molecule has 0 unspecified atom stereocenters. The molecular formula is C57H93N11O12. The zero-order valence-corrected chi connectivity index (χ0v) is 48.7. The standard InChI is InChI=1S/C57H93N11O12/c1-31(2)24-41(62-49(71)38(59)17-13-14-22-58)51(73)64-43(26-33(5)6)53(75)66-45(29-36-30-60-39-18-12-11-16-37(36)39)56(78)68-23-15-19-47(68)55(77)61-40(20-21-48(69)70)50(72)63-42(25-32(3)4)52(74)65-44(27-34(7)8)54(76)67-46(57(79)80)28-35(9)10/h11-12,16,18,30-35,38,40-47,60H,13-15,17,19-29,58-59H2,1-10H3,(H,61,77)(H,62,71)(H,63,72)(H,64,73)(H,65,74)(H,66,75)(H,67,76)(H,69,70)(H,79,80)/t38-,40-,41-,42-,43-,44-,45-,46-,47-/m0/s1. The first-order valence-electron chi connectivity index (χ1n) is 28.5. The molecule has 80 heavy (non-hydrogen) atoms. The molecule has 1 aliphatic rings. The molecule has 8 amide bonds. The molecule has 14 N–H and O–H groups in total. The first kappa shape index (κ1) is 67.7. The minimum atomic E-state index is -1.51. The predicted octanol–water partition coefficient (Wildman–Crippen LogP) is 2.73. The molecule has 23 heteroatoms. The van der Waals surface area contributed by atoms with E-state index in [1.807, 2.05) is 79.7 Å². The van der Waals surface area contributed by atoms with Crippen LogP contribution in [0.4, 0.5) is 0 Å². The van der Waals surface area contributed by atoms with Crippen LogP contribution in [0.25, 0.3) is 10.9 Å². The van der Waals surface area contributed by atoms with Crippen LogP contribution in [0.5, 0.6) is 0 Å². The molecule has 0 saturated carbocycles. The number of nitrogens with zero attached hydrogens (tertiary/aromatic N) is 1. The Balaban J connectivity index is 1.95. The lowest BCUT2D eigenvalue weighted by atomic mass is 9.98. The van der Waals surface area contributed by atoms with Crippen LogP contribution in [0.2, 0.25) is 0 Å². The molecule has 0 bridgehead atoms. The number of carbonyl (C=O) groups excluding carboxylic acids is 8. The average molecular weight is 1120 g/mol. The van der Waals surface area contributed by atoms with E-state index in [0.29, 0.717) is 37.8 Å². The summed E-state index contributed by atoms with van der Waals surface area (Å²) in [6, 6.07) is -3.38. The molecule has 3 rings (SSSR count). The van der Waals surface area contributed by atoms with Crippen LogP contribution in [0.15, 0.2) is 30.5 Å². The van der Waals surface area contributed by atoms with Crippen molar-refractivity contribution in [1.82, 2.24) is 47.1 Å². The number of aromatic amines is 1. The van der Waals surface area contributed by atoms with Gasteiger partial charge in [-0.2, -0.15) is 0 Å². The molecule has 1 aromatic heterocycles. The molecule has 1 aliphatic heterocycles. The summed E-state index contributed by atoms with van der Waals surface area (Å²) in [5.41, 5.74) is 13.2. The van der Waals surface area contributed by atoms with E-state index in [1.165, 1.54) is 4.90 Å². The van der Waals surface area contributed by atoms with Crippen molar-refractivity contribution in [3.8, 4) is 0 Å². The number of carbonyl (C=O) groups is 10. The number of hydrogen-bond donors (Lipinski definition) is 12. The Morgan fingerprint density at radius 1 is 0.575 bits per heavy atom. The molecule has 2 heterocycles. The van der Waals surface area contributed by atoms with Crippen LogP contribution < -0.4 is 48.7 Å². The van der Waals surface area contributed by atoms with Gasteiger partial charge in [-0.25, -0.2) is 4.79 Å². The highest BCUT2D eigenvalue weighted by atomic mass is 16.4. The number of rotatable bonds is 35. The molecule has 0 aliphatic carbocycles. The molecule has 9 atom stereocenters. The number of fused-ring (bicyclic) bond motifs is 1. The molecular weight excluding hydrogens is 1030 g/mol. The maximum atomic E-state index is 15.0. The van der Waals surface area contributed by atoms with Gasteiger partial charge in [0.15, 0.2) is 0 Å². The van der Waals surface area contributed by atoms with Crippen molar-refractivity contribution in [3.63, 3.8) is 0 Å². The molecule has 1 saturated heterocycles. The average Bonchev–Trinajstić information content (AvgIpc) is 4.04. The smallest absolute Gasteiger partial charge is 0.326 e. The fraction of sp³-hybridized carbons (Fsp3) is 0.684. The summed E-state index contributed by atoms with van der Waals surface area (Å²) >= 11 is 0. The van der Waals surface area contributed by atoms with Gasteiger partial charge in [0.1, 0.15) is 48.3 Å². The molecule has 0 spiro atoms. The summed E-state index contributed by atoms with van der Waals surface area (Å²) in [6.07, 6.45) is 3.60. The fourth-order valence-electron chi connectivity index (χ4n) is 9.81. The van der Waals surface area contributed by atoms with Gasteiger partial charge in [-0.15, -0.1) is 0 Å². The maximum Gasteiger partial charge on any atom is 0.326 e. The number of nitrogens with two attached hydrogens (primary N) is 2. The second-order valence-electron chi connectivity index (χ2n) is 23.5. The number of nitrogens with one attached hydrogen (secondary N) is 8. The van der Waals surface area contributed by atoms with E-state index in [-0.39, 0.29) is 81.1 Å². The van der Waals surface area contributed by atoms with Crippen molar-refractivity contribution < 1.29 is 58.2 Å². The number of para-hydroxylation sites is 1. The van der Waals surface area contributed by atoms with Crippen molar-refractivity contribution in [2.24, 2.45) is 41.1 Å². The van der Waals surface area contributed by atoms with Crippen LogP contribution in [0, 0.1) is 29.6 Å². The van der Waals surface area contributed by atoms with Crippen LogP contribution in [-0.4, -0.2) is 147 Å². The van der Waals surface area contributed by atoms with E-state index in [0.717, 1.165) is 10.9 Å². The fourth-order valence-corrected chi connectivity index (χ4v) is 9.81. The summed E-state index contributed by atoms with van der Waals surface area (Å²) in [4.78, 5) is 142. The van der Waals surface area contributed by atoms with Crippen LogP contribution in [0.3, 0.4) is 0 Å². The van der Waals surface area contributed by atoms with Crippen LogP contribution >= 0.6 is 0 Å². The molecule has 0 radical (unpaired) electrons. The lowest BCUT2D eigenvalue weighted by molar-refractivity contribution is -0.143. The Bertz CT molecular complexity index is 2410. The normalized spacial score (nSPS) is 16.6. The van der Waals surface area contributed by atoms with Crippen molar-refractivity contribution in [3.05, 3.63) is 36.0 Å². The van der Waals surface area contributed by atoms with Gasteiger partial charge in [-0.1, -0.05) is 93.9 Å². The van der Waals surface area contributed by atoms with E-state index >= 15 is 4.79 Å². The first-order chi connectivity index (χ1) is 37.6. The van der Waals surface area contributed by atoms with E-state index < -0.39 is 126 Å². The zero-order valence-electron chi connectivity index (χ0n) is 48.7. The third-order valence-corrected chi connectivity index (χ3v) is 13.8. The molecule has 448 valence electrons. The van der Waals surface area contributed by atoms with Gasteiger partial charge in [0, 0.05) is 36.5 Å². The number of aliphatic carboxylic acids is 2. The number of hydrogen-bond acceptors (Lipinski definition) is 12. The van der Waals surface area contributed by atoms with E-state index in [1.54, 1.807) is 20.0 Å². The number of carboxylic acid groups (broad SMARTS) is 2. The Hall–Kier alpha value is -6.62. The lowest BCUT2D eigenvalue weighted by Gasteiger charge is -2.31. The van der Waals surface area contributed by atoms with E-state index in [9.17, 15) is 53.4 Å². The van der Waals surface area contributed by atoms with Crippen LogP contribution in [-0.2, 0) is 54.4 Å². The van der Waals surface area contributed by atoms with E-state index in [2.05, 4.69) is 42.2 Å². The van der Waals surface area contributed by atoms with Crippen LogP contribution in [0.1, 0.15) is 152 Å². The SMILES string of the molecule is CC(C)C[C@H](NC(=O)[C@H](CC(C)C)NC(=O)[C@H](CC(C)C)NC(=O)[C@H](CCC(=O)O)NC(=O)[C@@H]1CCCN1C(=O)[C@H](Cc1c[nH]c2ccccc12)NC(=O)[C@H](CC(C)C)NC(=O)[C@H](CC(C)C)NC(=O)[C@@H](N)CCCCN)C(=O)O. The van der Waals surface area contributed by atoms with Gasteiger partial charge in [0.05, 0.1) is 6.04 Å². The number of carboxylic acids is 2. The van der Waals surface area contributed by atoms with Gasteiger partial charge in [0.25, 0.3) is 0 Å². The third kappa shape index (κ3) is 22.5. The number of unbranched alkanes of at least 4 members (excludes halogenated alkanes) is 1. The highest BCUT2D eigenvalue weighted by molar-refractivity contribution is 5.99. The topological polar surface area (TPSA) is 366 Å². The van der Waals surface area contributed by atoms with Gasteiger partial charge in [0.2, 0.25) is 47.3 Å². The second-order valence-corrected chi connectivity index (χ2v) is 23.5. The van der Waals surface area contributed by atoms with Gasteiger partial charge in [-0.3, -0.25) is 43.2 Å². The maximum absolute atomic E-state index is 15.0. The number of amides is 8. The monoisotopic (exact) mass is 1120 g/mol. The second kappa shape index (κ2) is 33.2. The number of likely N-dealkylation sites (tertiary alicyclic amines) is 1. The summed E-state index contributed by atoms with van der Waals surface area (Å²) < 4.78 is 0. The summed E-state index contributed by atoms with van der Waals surface area (Å²) in [5, 5.41) is 39.4. The Morgan fingerprint density at radius 3 is 1.48 bits per heavy atom. The largest absolute Gasteiger partial charge is 0.481 e. The zero-order chi connectivity index (χ0) is 60.0.